The Hall–Kier alpha value is -3.93. The molecule has 0 aliphatic carbocycles. The number of piperazine rings is 1. The van der Waals surface area contributed by atoms with Gasteiger partial charge in [0.25, 0.3) is 11.5 Å². The lowest BCUT2D eigenvalue weighted by Crippen LogP contribution is -2.49. The molecule has 0 spiro atoms. The molecule has 0 saturated carbocycles. The van der Waals surface area contributed by atoms with Crippen LogP contribution in [0.25, 0.3) is 16.5 Å². The normalized spacial score (nSPS) is 14.0. The fraction of sp³-hybridized carbons (Fsp3) is 0.154. The maximum atomic E-state index is 13.2. The van der Waals surface area contributed by atoms with Crippen molar-refractivity contribution in [2.24, 2.45) is 0 Å². The Morgan fingerprint density at radius 1 is 0.750 bits per heavy atom. The number of anilines is 1. The van der Waals surface area contributed by atoms with Gasteiger partial charge in [0.15, 0.2) is 0 Å². The fourth-order valence-electron chi connectivity index (χ4n) is 4.14. The summed E-state index contributed by atoms with van der Waals surface area (Å²) in [6, 6.07) is 23.3. The van der Waals surface area contributed by atoms with Crippen molar-refractivity contribution < 1.29 is 9.18 Å². The topological polar surface area (TPSA) is 45.6 Å². The van der Waals surface area contributed by atoms with Crippen LogP contribution in [0.5, 0.6) is 0 Å². The smallest absolute Gasteiger partial charge is 0.255 e. The number of fused-ring (bicyclic) bond motifs is 1. The number of halogens is 1. The monoisotopic (exact) mass is 427 g/mol. The van der Waals surface area contributed by atoms with Crippen molar-refractivity contribution in [3.8, 4) is 5.69 Å². The van der Waals surface area contributed by atoms with Crippen LogP contribution in [-0.4, -0.2) is 41.6 Å². The summed E-state index contributed by atoms with van der Waals surface area (Å²) in [6.07, 6.45) is 1.54. The highest BCUT2D eigenvalue weighted by Crippen LogP contribution is 2.23. The molecule has 0 bridgehead atoms. The van der Waals surface area contributed by atoms with Crippen LogP contribution in [0, 0.1) is 5.82 Å². The van der Waals surface area contributed by atoms with Crippen LogP contribution in [0.15, 0.2) is 89.9 Å². The number of pyridine rings is 1. The molecule has 0 unspecified atom stereocenters. The number of carbonyl (C=O) groups is 1. The number of amides is 1. The minimum atomic E-state index is -0.377. The molecule has 1 aliphatic heterocycles. The number of carbonyl (C=O) groups excluding carboxylic acids is 1. The highest BCUT2D eigenvalue weighted by Gasteiger charge is 2.23. The van der Waals surface area contributed by atoms with Crippen LogP contribution in [-0.2, 0) is 0 Å². The minimum absolute atomic E-state index is 0.112. The van der Waals surface area contributed by atoms with Gasteiger partial charge in [-0.15, -0.1) is 0 Å². The first-order chi connectivity index (χ1) is 15.6. The lowest BCUT2D eigenvalue weighted by Gasteiger charge is -2.36. The van der Waals surface area contributed by atoms with Gasteiger partial charge in [0, 0.05) is 49.8 Å². The van der Waals surface area contributed by atoms with E-state index in [1.807, 2.05) is 17.0 Å². The van der Waals surface area contributed by atoms with E-state index >= 15 is 0 Å². The summed E-state index contributed by atoms with van der Waals surface area (Å²) in [5.41, 5.74) is 1.84. The van der Waals surface area contributed by atoms with Gasteiger partial charge >= 0.3 is 0 Å². The Morgan fingerprint density at radius 2 is 1.44 bits per heavy atom. The average Bonchev–Trinajstić information content (AvgIpc) is 2.84. The van der Waals surface area contributed by atoms with E-state index in [1.165, 1.54) is 51.9 Å². The Balaban J connectivity index is 1.31. The second-order valence-corrected chi connectivity index (χ2v) is 7.91. The van der Waals surface area contributed by atoms with E-state index in [-0.39, 0.29) is 17.3 Å². The lowest BCUT2D eigenvalue weighted by atomic mass is 10.1. The standard InChI is InChI=1S/C26H22FN3O2/c27-22-7-10-23(11-8-22)30-18-21(6-12-25(30)31)26(32)29-15-13-28(14-16-29)24-9-5-19-3-1-2-4-20(19)17-24/h1-12,17-18H,13-16H2. The second-order valence-electron chi connectivity index (χ2n) is 7.91. The van der Waals surface area contributed by atoms with Crippen LogP contribution in [0.4, 0.5) is 10.1 Å². The van der Waals surface area contributed by atoms with E-state index in [9.17, 15) is 14.0 Å². The zero-order chi connectivity index (χ0) is 22.1. The molecule has 5 rings (SSSR count). The third-order valence-corrected chi connectivity index (χ3v) is 5.93. The van der Waals surface area contributed by atoms with Crippen LogP contribution >= 0.6 is 0 Å². The highest BCUT2D eigenvalue weighted by molar-refractivity contribution is 5.94. The Bertz CT molecular complexity index is 1340. The van der Waals surface area contributed by atoms with Crippen LogP contribution in [0.2, 0.25) is 0 Å². The van der Waals surface area contributed by atoms with Gasteiger partial charge in [-0.25, -0.2) is 4.39 Å². The van der Waals surface area contributed by atoms with Gasteiger partial charge in [0.05, 0.1) is 5.56 Å². The Labute approximate surface area is 184 Å². The summed E-state index contributed by atoms with van der Waals surface area (Å²) >= 11 is 0. The van der Waals surface area contributed by atoms with Gasteiger partial charge in [-0.2, -0.15) is 0 Å². The predicted molar refractivity (Wildman–Crippen MR) is 124 cm³/mol. The lowest BCUT2D eigenvalue weighted by molar-refractivity contribution is 0.0746. The molecule has 160 valence electrons. The van der Waals surface area contributed by atoms with Gasteiger partial charge in [0.1, 0.15) is 5.82 Å². The molecular formula is C26H22FN3O2. The van der Waals surface area contributed by atoms with E-state index in [2.05, 4.69) is 35.2 Å². The first kappa shape index (κ1) is 20.0. The molecular weight excluding hydrogens is 405 g/mol. The molecule has 0 N–H and O–H groups in total. The molecule has 0 radical (unpaired) electrons. The van der Waals surface area contributed by atoms with Crippen molar-refractivity contribution in [1.82, 2.24) is 9.47 Å². The molecule has 1 fully saturated rings. The summed E-state index contributed by atoms with van der Waals surface area (Å²) in [4.78, 5) is 29.5. The summed E-state index contributed by atoms with van der Waals surface area (Å²) in [5.74, 6) is -0.489. The molecule has 1 aliphatic rings. The maximum Gasteiger partial charge on any atom is 0.255 e. The highest BCUT2D eigenvalue weighted by atomic mass is 19.1. The van der Waals surface area contributed by atoms with Crippen molar-refractivity contribution in [1.29, 1.82) is 0 Å². The summed E-state index contributed by atoms with van der Waals surface area (Å²) in [6.45, 7) is 2.67. The predicted octanol–water partition coefficient (Wildman–Crippen LogP) is 4.09. The first-order valence-electron chi connectivity index (χ1n) is 10.6. The molecule has 0 atom stereocenters. The zero-order valence-corrected chi connectivity index (χ0v) is 17.4. The van der Waals surface area contributed by atoms with Crippen molar-refractivity contribution in [3.63, 3.8) is 0 Å². The molecule has 32 heavy (non-hydrogen) atoms. The first-order valence-corrected chi connectivity index (χ1v) is 10.6. The number of hydrogen-bond acceptors (Lipinski definition) is 3. The van der Waals surface area contributed by atoms with Gasteiger partial charge in [-0.1, -0.05) is 30.3 Å². The molecule has 1 saturated heterocycles. The van der Waals surface area contributed by atoms with E-state index in [1.54, 1.807) is 6.07 Å². The summed E-state index contributed by atoms with van der Waals surface area (Å²) < 4.78 is 14.6. The molecule has 4 aromatic rings. The molecule has 1 aromatic heterocycles. The quantitative estimate of drug-likeness (QED) is 0.495. The van der Waals surface area contributed by atoms with Gasteiger partial charge in [-0.3, -0.25) is 14.2 Å². The Morgan fingerprint density at radius 3 is 2.19 bits per heavy atom. The minimum Gasteiger partial charge on any atom is -0.368 e. The number of nitrogens with zero attached hydrogens (tertiary/aromatic N) is 3. The number of benzene rings is 3. The molecule has 6 heteroatoms. The third kappa shape index (κ3) is 3.87. The van der Waals surface area contributed by atoms with Crippen molar-refractivity contribution in [2.75, 3.05) is 31.1 Å². The van der Waals surface area contributed by atoms with Gasteiger partial charge < -0.3 is 9.80 Å². The molecule has 5 nitrogen and oxygen atoms in total. The van der Waals surface area contributed by atoms with Crippen LogP contribution in [0.3, 0.4) is 0 Å². The second kappa shape index (κ2) is 8.30. The molecule has 2 heterocycles. The fourth-order valence-corrected chi connectivity index (χ4v) is 4.14. The van der Waals surface area contributed by atoms with E-state index in [4.69, 9.17) is 0 Å². The van der Waals surface area contributed by atoms with Gasteiger partial charge in [0.2, 0.25) is 0 Å². The maximum absolute atomic E-state index is 13.2. The number of hydrogen-bond donors (Lipinski definition) is 0. The van der Waals surface area contributed by atoms with Crippen LogP contribution < -0.4 is 10.5 Å². The average molecular weight is 427 g/mol. The Kier molecular flexibility index (Phi) is 5.19. The van der Waals surface area contributed by atoms with E-state index < -0.39 is 0 Å². The summed E-state index contributed by atoms with van der Waals surface area (Å²) in [7, 11) is 0. The third-order valence-electron chi connectivity index (χ3n) is 5.93. The SMILES string of the molecule is O=C(c1ccc(=O)n(-c2ccc(F)cc2)c1)N1CCN(c2ccc3ccccc3c2)CC1. The van der Waals surface area contributed by atoms with Crippen molar-refractivity contribution in [3.05, 3.63) is 107 Å². The molecule has 1 amide bonds. The van der Waals surface area contributed by atoms with Gasteiger partial charge in [-0.05, 0) is 53.2 Å². The van der Waals surface area contributed by atoms with E-state index in [0.29, 0.717) is 24.3 Å². The number of aromatic nitrogens is 1. The van der Waals surface area contributed by atoms with E-state index in [0.717, 1.165) is 18.8 Å². The summed E-state index contributed by atoms with van der Waals surface area (Å²) in [5, 5.41) is 2.41. The zero-order valence-electron chi connectivity index (χ0n) is 17.4. The molecule has 3 aromatic carbocycles. The largest absolute Gasteiger partial charge is 0.368 e. The van der Waals surface area contributed by atoms with Crippen molar-refractivity contribution in [2.45, 2.75) is 0 Å². The number of rotatable bonds is 3. The van der Waals surface area contributed by atoms with Crippen molar-refractivity contribution >= 4 is 22.4 Å². The van der Waals surface area contributed by atoms with Crippen LogP contribution in [0.1, 0.15) is 10.4 Å².